The summed E-state index contributed by atoms with van der Waals surface area (Å²) in [6.45, 7) is 0.133. The number of likely N-dealkylation sites (N-methyl/N-ethyl adjacent to an activating group) is 1. The molecule has 0 aromatic heterocycles. The third kappa shape index (κ3) is 4.94. The average molecular weight is 441 g/mol. The van der Waals surface area contributed by atoms with E-state index in [4.69, 9.17) is 11.6 Å². The van der Waals surface area contributed by atoms with E-state index >= 15 is 0 Å². The first-order chi connectivity index (χ1) is 14.1. The summed E-state index contributed by atoms with van der Waals surface area (Å²) >= 11 is 5.86. The summed E-state index contributed by atoms with van der Waals surface area (Å²) in [6, 6.07) is 10.00. The van der Waals surface area contributed by atoms with E-state index in [1.807, 2.05) is 0 Å². The summed E-state index contributed by atoms with van der Waals surface area (Å²) in [5.41, 5.74) is -0.308. The molecule has 0 saturated carbocycles. The lowest BCUT2D eigenvalue weighted by molar-refractivity contribution is -0.137. The number of amides is 2. The molecule has 1 N–H and O–H groups in total. The molecule has 2 atom stereocenters. The van der Waals surface area contributed by atoms with Crippen molar-refractivity contribution in [2.45, 2.75) is 31.3 Å². The molecule has 9 heteroatoms. The van der Waals surface area contributed by atoms with Gasteiger partial charge in [0.1, 0.15) is 6.04 Å². The standard InChI is InChI=1S/C21H20ClF3N2O3/c1-26(11-13-5-7-16(22)8-6-13)20(30)18-10-17(28)12-27(18)19(29)14-3-2-4-15(9-14)21(23,24)25/h2-9,17-18,28H,10-12H2,1H3/t17-,18+/m1/s1. The van der Waals surface area contributed by atoms with Crippen LogP contribution in [0.5, 0.6) is 0 Å². The molecule has 0 unspecified atom stereocenters. The molecule has 1 saturated heterocycles. The van der Waals surface area contributed by atoms with E-state index in [1.54, 1.807) is 31.3 Å². The second kappa shape index (κ2) is 8.65. The van der Waals surface area contributed by atoms with Gasteiger partial charge in [0.2, 0.25) is 5.91 Å². The van der Waals surface area contributed by atoms with Crippen LogP contribution in [-0.2, 0) is 17.5 Å². The topological polar surface area (TPSA) is 60.9 Å². The molecule has 3 rings (SSSR count). The number of nitrogens with zero attached hydrogens (tertiary/aromatic N) is 2. The Bertz CT molecular complexity index is 934. The number of hydrogen-bond donors (Lipinski definition) is 1. The number of rotatable bonds is 4. The molecule has 0 aliphatic carbocycles. The number of β-amino-alcohol motifs (C(OH)–C–C–N with tert-alkyl or cyclic N) is 1. The van der Waals surface area contributed by atoms with Crippen LogP contribution in [0.1, 0.15) is 27.9 Å². The molecule has 1 heterocycles. The molecule has 0 spiro atoms. The predicted molar refractivity (Wildman–Crippen MR) is 105 cm³/mol. The minimum absolute atomic E-state index is 0.0223. The Kier molecular flexibility index (Phi) is 6.38. The second-order valence-corrected chi connectivity index (χ2v) is 7.70. The monoisotopic (exact) mass is 440 g/mol. The minimum Gasteiger partial charge on any atom is -0.391 e. The van der Waals surface area contributed by atoms with E-state index in [1.165, 1.54) is 11.0 Å². The van der Waals surface area contributed by atoms with Crippen LogP contribution in [0.4, 0.5) is 13.2 Å². The molecule has 160 valence electrons. The third-order valence-electron chi connectivity index (χ3n) is 4.97. The Balaban J connectivity index is 1.78. The molecule has 2 aromatic carbocycles. The maximum absolute atomic E-state index is 13.0. The smallest absolute Gasteiger partial charge is 0.391 e. The number of hydrogen-bond acceptors (Lipinski definition) is 3. The predicted octanol–water partition coefficient (Wildman–Crippen LogP) is 3.59. The first-order valence-corrected chi connectivity index (χ1v) is 9.60. The van der Waals surface area contributed by atoms with Crippen LogP contribution in [0.15, 0.2) is 48.5 Å². The van der Waals surface area contributed by atoms with Crippen LogP contribution in [0, 0.1) is 0 Å². The Morgan fingerprint density at radius 3 is 2.50 bits per heavy atom. The zero-order valence-electron chi connectivity index (χ0n) is 16.1. The number of benzene rings is 2. The number of aliphatic hydroxyl groups is 1. The Morgan fingerprint density at radius 1 is 1.20 bits per heavy atom. The number of halogens is 4. The molecule has 30 heavy (non-hydrogen) atoms. The molecule has 0 bridgehead atoms. The van der Waals surface area contributed by atoms with Crippen molar-refractivity contribution in [2.75, 3.05) is 13.6 Å². The Hall–Kier alpha value is -2.58. The highest BCUT2D eigenvalue weighted by atomic mass is 35.5. The van der Waals surface area contributed by atoms with Crippen molar-refractivity contribution in [3.05, 3.63) is 70.2 Å². The number of likely N-dealkylation sites (tertiary alicyclic amines) is 1. The lowest BCUT2D eigenvalue weighted by Crippen LogP contribution is -2.46. The van der Waals surface area contributed by atoms with Crippen molar-refractivity contribution < 1.29 is 27.9 Å². The number of aliphatic hydroxyl groups excluding tert-OH is 1. The molecule has 0 radical (unpaired) electrons. The quantitative estimate of drug-likeness (QED) is 0.790. The maximum Gasteiger partial charge on any atom is 0.416 e. The first-order valence-electron chi connectivity index (χ1n) is 9.22. The zero-order chi connectivity index (χ0) is 22.1. The van der Waals surface area contributed by atoms with Gasteiger partial charge < -0.3 is 14.9 Å². The van der Waals surface area contributed by atoms with Crippen molar-refractivity contribution in [1.29, 1.82) is 0 Å². The van der Waals surface area contributed by atoms with E-state index in [9.17, 15) is 27.9 Å². The van der Waals surface area contributed by atoms with Gasteiger partial charge >= 0.3 is 6.18 Å². The average Bonchev–Trinajstić information content (AvgIpc) is 3.09. The fourth-order valence-corrected chi connectivity index (χ4v) is 3.59. The van der Waals surface area contributed by atoms with Gasteiger partial charge in [0.25, 0.3) is 5.91 Å². The maximum atomic E-state index is 13.0. The van der Waals surface area contributed by atoms with E-state index in [-0.39, 0.29) is 25.1 Å². The first kappa shape index (κ1) is 22.1. The lowest BCUT2D eigenvalue weighted by Gasteiger charge is -2.28. The van der Waals surface area contributed by atoms with Crippen molar-refractivity contribution in [2.24, 2.45) is 0 Å². The zero-order valence-corrected chi connectivity index (χ0v) is 16.8. The molecule has 1 aliphatic heterocycles. The molecular formula is C21H20ClF3N2O3. The van der Waals surface area contributed by atoms with Crippen molar-refractivity contribution in [3.8, 4) is 0 Å². The molecule has 1 aliphatic rings. The molecule has 5 nitrogen and oxygen atoms in total. The fraction of sp³-hybridized carbons (Fsp3) is 0.333. The highest BCUT2D eigenvalue weighted by molar-refractivity contribution is 6.30. The molecule has 2 aromatic rings. The molecule has 1 fully saturated rings. The van der Waals surface area contributed by atoms with Gasteiger partial charge in [-0.15, -0.1) is 0 Å². The van der Waals surface area contributed by atoms with Crippen LogP contribution in [-0.4, -0.2) is 52.5 Å². The summed E-state index contributed by atoms with van der Waals surface area (Å²) in [5.74, 6) is -1.13. The van der Waals surface area contributed by atoms with Gasteiger partial charge in [0, 0.05) is 37.1 Å². The highest BCUT2D eigenvalue weighted by Crippen LogP contribution is 2.30. The highest BCUT2D eigenvalue weighted by Gasteiger charge is 2.41. The Morgan fingerprint density at radius 2 is 1.87 bits per heavy atom. The van der Waals surface area contributed by atoms with E-state index in [2.05, 4.69) is 0 Å². The van der Waals surface area contributed by atoms with Gasteiger partial charge in [-0.25, -0.2) is 0 Å². The van der Waals surface area contributed by atoms with Gasteiger partial charge in [-0.2, -0.15) is 13.2 Å². The van der Waals surface area contributed by atoms with Crippen LogP contribution in [0.3, 0.4) is 0 Å². The van der Waals surface area contributed by atoms with Gasteiger partial charge in [0.15, 0.2) is 0 Å². The molecular weight excluding hydrogens is 421 g/mol. The van der Waals surface area contributed by atoms with Crippen LogP contribution >= 0.6 is 11.6 Å². The van der Waals surface area contributed by atoms with Crippen molar-refractivity contribution in [3.63, 3.8) is 0 Å². The summed E-state index contributed by atoms with van der Waals surface area (Å²) in [5, 5.41) is 10.6. The summed E-state index contributed by atoms with van der Waals surface area (Å²) in [4.78, 5) is 28.4. The summed E-state index contributed by atoms with van der Waals surface area (Å²) < 4.78 is 38.9. The largest absolute Gasteiger partial charge is 0.416 e. The second-order valence-electron chi connectivity index (χ2n) is 7.26. The number of carbonyl (C=O) groups is 2. The normalized spacial score (nSPS) is 19.1. The van der Waals surface area contributed by atoms with E-state index in [0.717, 1.165) is 28.7 Å². The van der Waals surface area contributed by atoms with E-state index in [0.29, 0.717) is 5.02 Å². The van der Waals surface area contributed by atoms with E-state index < -0.39 is 35.7 Å². The summed E-state index contributed by atoms with van der Waals surface area (Å²) in [6.07, 6.45) is -5.50. The van der Waals surface area contributed by atoms with Crippen molar-refractivity contribution >= 4 is 23.4 Å². The van der Waals surface area contributed by atoms with Gasteiger partial charge in [0.05, 0.1) is 11.7 Å². The Labute approximate surface area is 176 Å². The van der Waals surface area contributed by atoms with Crippen molar-refractivity contribution in [1.82, 2.24) is 9.80 Å². The van der Waals surface area contributed by atoms with Gasteiger partial charge in [-0.3, -0.25) is 9.59 Å². The van der Waals surface area contributed by atoms with Gasteiger partial charge in [-0.05, 0) is 35.9 Å². The molecule has 2 amide bonds. The lowest BCUT2D eigenvalue weighted by atomic mass is 10.1. The minimum atomic E-state index is -4.59. The van der Waals surface area contributed by atoms with Crippen LogP contribution < -0.4 is 0 Å². The summed E-state index contributed by atoms with van der Waals surface area (Å²) in [7, 11) is 1.56. The fourth-order valence-electron chi connectivity index (χ4n) is 3.46. The number of alkyl halides is 3. The van der Waals surface area contributed by atoms with Gasteiger partial charge in [-0.1, -0.05) is 29.8 Å². The van der Waals surface area contributed by atoms with Crippen LogP contribution in [0.2, 0.25) is 5.02 Å². The SMILES string of the molecule is CN(Cc1ccc(Cl)cc1)C(=O)[C@@H]1C[C@@H](O)CN1C(=O)c1cccc(C(F)(F)F)c1. The third-order valence-corrected chi connectivity index (χ3v) is 5.22. The number of carbonyl (C=O) groups excluding carboxylic acids is 2. The van der Waals surface area contributed by atoms with Crippen LogP contribution in [0.25, 0.3) is 0 Å².